The maximum absolute atomic E-state index is 11.6. The maximum Gasteiger partial charge on any atom is 1.00 e. The summed E-state index contributed by atoms with van der Waals surface area (Å²) in [7, 11) is 0. The van der Waals surface area contributed by atoms with E-state index in [1.54, 1.807) is 24.4 Å². The van der Waals surface area contributed by atoms with Crippen molar-refractivity contribution < 1.29 is 39.5 Å². The Kier molecular flexibility index (Phi) is 10.8. The number of nitrogens with zero attached hydrogens (tertiary/aromatic N) is 1. The molecule has 1 aromatic rings. The summed E-state index contributed by atoms with van der Waals surface area (Å²) in [6.07, 6.45) is 4.05. The van der Waals surface area contributed by atoms with Gasteiger partial charge in [-0.3, -0.25) is 5.43 Å². The molecule has 0 unspecified atom stereocenters. The minimum absolute atomic E-state index is 0. The molecule has 3 rings (SSSR count). The number of carbonyl (C=O) groups is 1. The number of unbranched alkanes of at least 4 members (excludes halogenated alkanes) is 1. The number of fused-ring (bicyclic) bond motifs is 1. The van der Waals surface area contributed by atoms with Crippen molar-refractivity contribution >= 4 is 46.8 Å². The summed E-state index contributed by atoms with van der Waals surface area (Å²) in [5.74, 6) is -0.781. The van der Waals surface area contributed by atoms with Crippen LogP contribution in [0.2, 0.25) is 5.02 Å². The van der Waals surface area contributed by atoms with Crippen molar-refractivity contribution in [2.45, 2.75) is 39.0 Å². The van der Waals surface area contributed by atoms with Crippen molar-refractivity contribution in [2.75, 3.05) is 5.32 Å². The first-order valence-corrected chi connectivity index (χ1v) is 11.2. The average Bonchev–Trinajstić information content (AvgIpc) is 2.94. The number of hydrogen-bond donors (Lipinski definition) is 2. The van der Waals surface area contributed by atoms with Crippen molar-refractivity contribution in [1.82, 2.24) is 5.43 Å². The van der Waals surface area contributed by atoms with Crippen molar-refractivity contribution in [3.63, 3.8) is 0 Å². The molecule has 0 aromatic heterocycles. The van der Waals surface area contributed by atoms with Gasteiger partial charge in [-0.25, -0.2) is 0 Å². The van der Waals surface area contributed by atoms with E-state index in [0.29, 0.717) is 16.1 Å². The van der Waals surface area contributed by atoms with E-state index < -0.39 is 5.97 Å². The summed E-state index contributed by atoms with van der Waals surface area (Å²) in [4.78, 5) is 11.6. The second kappa shape index (κ2) is 13.1. The predicted octanol–water partition coefficient (Wildman–Crippen LogP) is 2.23. The van der Waals surface area contributed by atoms with E-state index in [-0.39, 0.29) is 35.1 Å². The number of benzene rings is 1. The number of halogens is 1. The van der Waals surface area contributed by atoms with E-state index in [0.717, 1.165) is 47.2 Å². The first-order chi connectivity index (χ1) is 15.3. The molecule has 0 atom stereocenters. The summed E-state index contributed by atoms with van der Waals surface area (Å²) < 4.78 is 0. The summed E-state index contributed by atoms with van der Waals surface area (Å²) in [6, 6.07) is 16.9. The monoisotopic (exact) mass is 489 g/mol. The Morgan fingerprint density at radius 2 is 1.79 bits per heavy atom. The van der Waals surface area contributed by atoms with E-state index >= 15 is 0 Å². The Balaban J connectivity index is 0.00000385. The maximum atomic E-state index is 11.6. The van der Waals surface area contributed by atoms with Crippen molar-refractivity contribution in [3.8, 4) is 11.1 Å². The molecule has 1 aromatic carbocycles. The SMILES string of the molecule is CC(C)c1ccc2c(CCC/C=N/NC(=S)Nc3ccc(Cl)cc3)cc(C(=O)[O-])c-2cc1.[Na+]. The molecule has 0 saturated carbocycles. The Labute approximate surface area is 227 Å². The number of carbonyl (C=O) groups excluding carboxylic acids is 1. The quantitative estimate of drug-likeness (QED) is 0.167. The Morgan fingerprint density at radius 3 is 2.42 bits per heavy atom. The van der Waals surface area contributed by atoms with Crippen molar-refractivity contribution in [2.24, 2.45) is 5.10 Å². The van der Waals surface area contributed by atoms with Gasteiger partial charge in [0.25, 0.3) is 0 Å². The number of hydrazone groups is 1. The predicted molar refractivity (Wildman–Crippen MR) is 134 cm³/mol. The summed E-state index contributed by atoms with van der Waals surface area (Å²) in [6.45, 7) is 4.23. The number of rotatable bonds is 8. The first kappa shape index (κ1) is 27.3. The first-order valence-electron chi connectivity index (χ1n) is 10.5. The molecular formula is C25H25ClN3NaO2S. The zero-order chi connectivity index (χ0) is 23.1. The Bertz CT molecular complexity index is 1100. The van der Waals surface area contributed by atoms with Crippen LogP contribution in [0.4, 0.5) is 5.69 Å². The van der Waals surface area contributed by atoms with Crippen LogP contribution in [-0.2, 0) is 6.42 Å². The molecule has 0 spiro atoms. The fourth-order valence-electron chi connectivity index (χ4n) is 3.44. The second-order valence-electron chi connectivity index (χ2n) is 7.80. The fraction of sp³-hybridized carbons (Fsp3) is 0.240. The number of nitrogens with one attached hydrogen (secondary N) is 2. The number of thiocarbonyl (C=S) groups is 1. The average molecular weight is 490 g/mol. The van der Waals surface area contributed by atoms with Crippen LogP contribution < -0.4 is 45.4 Å². The van der Waals surface area contributed by atoms with Gasteiger partial charge in [-0.1, -0.05) is 49.7 Å². The molecule has 2 aliphatic rings. The van der Waals surface area contributed by atoms with Crippen LogP contribution in [-0.4, -0.2) is 17.3 Å². The molecule has 8 heteroatoms. The van der Waals surface area contributed by atoms with Crippen molar-refractivity contribution in [3.05, 3.63) is 76.3 Å². The van der Waals surface area contributed by atoms with Crippen molar-refractivity contribution in [1.29, 1.82) is 0 Å². The Morgan fingerprint density at radius 1 is 1.12 bits per heavy atom. The smallest absolute Gasteiger partial charge is 0.545 e. The summed E-state index contributed by atoms with van der Waals surface area (Å²) in [5, 5.41) is 19.8. The third kappa shape index (κ3) is 7.80. The third-order valence-corrected chi connectivity index (χ3v) is 5.60. The van der Waals surface area contributed by atoms with E-state index in [1.807, 2.05) is 30.3 Å². The number of aryl methyl sites for hydroxylation is 1. The van der Waals surface area contributed by atoms with E-state index in [2.05, 4.69) is 35.8 Å². The van der Waals surface area contributed by atoms with E-state index in [1.165, 1.54) is 0 Å². The Hall–Kier alpha value is -1.96. The van der Waals surface area contributed by atoms with Gasteiger partial charge in [-0.05, 0) is 90.0 Å². The second-order valence-corrected chi connectivity index (χ2v) is 8.64. The number of aromatic carboxylic acids is 1. The number of anilines is 1. The largest absolute Gasteiger partial charge is 1.00 e. The van der Waals surface area contributed by atoms with Gasteiger partial charge in [-0.15, -0.1) is 0 Å². The molecule has 0 bridgehead atoms. The molecule has 0 aliphatic heterocycles. The van der Waals surface area contributed by atoms with Gasteiger partial charge in [0.2, 0.25) is 0 Å². The van der Waals surface area contributed by atoms with Crippen LogP contribution in [0.15, 0.2) is 59.7 Å². The molecule has 33 heavy (non-hydrogen) atoms. The third-order valence-electron chi connectivity index (χ3n) is 5.16. The molecule has 0 fully saturated rings. The van der Waals surface area contributed by atoms with Crippen LogP contribution in [0, 0.1) is 0 Å². The summed E-state index contributed by atoms with van der Waals surface area (Å²) >= 11 is 11.1. The minimum Gasteiger partial charge on any atom is -0.545 e. The number of hydrogen-bond acceptors (Lipinski definition) is 4. The molecule has 0 amide bonds. The molecule has 0 heterocycles. The van der Waals surface area contributed by atoms with Crippen LogP contribution in [0.25, 0.3) is 11.1 Å². The molecular weight excluding hydrogens is 465 g/mol. The number of carboxylic acid groups (broad SMARTS) is 1. The standard InChI is InChI=1S/C25H26ClN3O2S.Na/c1-16(2)17-6-12-21-18(15-23(24(30)31)22(21)13-7-17)5-3-4-14-27-29-25(32)28-20-10-8-19(26)9-11-20;/h6-16H,3-5H2,1-2H3,(H,30,31)(H2,28,29,32);/q;+1/p-1/b27-14+;. The molecule has 0 radical (unpaired) electrons. The van der Waals surface area contributed by atoms with Gasteiger partial charge in [0.05, 0.1) is 5.97 Å². The fourth-order valence-corrected chi connectivity index (χ4v) is 3.74. The number of carboxylic acids is 1. The van der Waals surface area contributed by atoms with Crippen LogP contribution in [0.5, 0.6) is 0 Å². The zero-order valence-corrected chi connectivity index (χ0v) is 22.6. The molecule has 5 nitrogen and oxygen atoms in total. The minimum atomic E-state index is -1.15. The van der Waals surface area contributed by atoms with Gasteiger partial charge >= 0.3 is 29.6 Å². The van der Waals surface area contributed by atoms with Crippen LogP contribution in [0.1, 0.15) is 54.1 Å². The molecule has 0 saturated heterocycles. The van der Waals surface area contributed by atoms with Gasteiger partial charge in [0, 0.05) is 22.5 Å². The topological polar surface area (TPSA) is 76.5 Å². The van der Waals surface area contributed by atoms with Gasteiger partial charge in [0.15, 0.2) is 5.11 Å². The van der Waals surface area contributed by atoms with Gasteiger partial charge in [0.1, 0.15) is 0 Å². The van der Waals surface area contributed by atoms with Crippen LogP contribution >= 0.6 is 23.8 Å². The zero-order valence-electron chi connectivity index (χ0n) is 19.0. The molecule has 2 N–H and O–H groups in total. The van der Waals surface area contributed by atoms with Gasteiger partial charge in [-0.2, -0.15) is 5.10 Å². The van der Waals surface area contributed by atoms with Gasteiger partial charge < -0.3 is 15.2 Å². The van der Waals surface area contributed by atoms with E-state index in [4.69, 9.17) is 23.8 Å². The molecule has 2 aliphatic carbocycles. The summed E-state index contributed by atoms with van der Waals surface area (Å²) in [5.41, 5.74) is 7.70. The normalized spacial score (nSPS) is 10.9. The van der Waals surface area contributed by atoms with E-state index in [9.17, 15) is 9.90 Å². The molecule has 166 valence electrons. The van der Waals surface area contributed by atoms with Crippen LogP contribution in [0.3, 0.4) is 0 Å².